The number of aliphatic imine (C=N–C) groups is 1. The quantitative estimate of drug-likeness (QED) is 0.619. The highest BCUT2D eigenvalue weighted by atomic mass is 35.5. The summed E-state index contributed by atoms with van der Waals surface area (Å²) in [4.78, 5) is 3.93. The Bertz CT molecular complexity index is 316. The molecule has 12 heavy (non-hydrogen) atoms. The first kappa shape index (κ1) is 9.01. The Morgan fingerprint density at radius 1 is 1.42 bits per heavy atom. The highest BCUT2D eigenvalue weighted by molar-refractivity contribution is 6.30. The second-order valence-corrected chi connectivity index (χ2v) is 2.80. The van der Waals surface area contributed by atoms with Gasteiger partial charge in [0.1, 0.15) is 0 Å². The van der Waals surface area contributed by atoms with E-state index in [2.05, 4.69) is 11.6 Å². The average Bonchev–Trinajstić information content (AvgIpc) is 2.08. The minimum atomic E-state index is 0.721. The molecule has 1 nitrogen and oxygen atoms in total. The van der Waals surface area contributed by atoms with Gasteiger partial charge in [-0.15, -0.1) is 0 Å². The first-order chi connectivity index (χ1) is 5.77. The summed E-state index contributed by atoms with van der Waals surface area (Å²) in [6.07, 6.45) is 3.55. The molecule has 0 unspecified atom stereocenters. The number of benzene rings is 1. The Kier molecular flexibility index (Phi) is 3.06. The van der Waals surface area contributed by atoms with Crippen molar-refractivity contribution in [2.24, 2.45) is 4.99 Å². The molecule has 0 saturated heterocycles. The molecule has 0 N–H and O–H groups in total. The van der Waals surface area contributed by atoms with E-state index in [4.69, 9.17) is 11.6 Å². The second-order valence-electron chi connectivity index (χ2n) is 2.36. The number of hydrogen-bond acceptors (Lipinski definition) is 1. The summed E-state index contributed by atoms with van der Waals surface area (Å²) in [7, 11) is 1.74. The van der Waals surface area contributed by atoms with Crippen molar-refractivity contribution >= 4 is 23.9 Å². The van der Waals surface area contributed by atoms with Crippen LogP contribution >= 0.6 is 11.6 Å². The van der Waals surface area contributed by atoms with Gasteiger partial charge < -0.3 is 0 Å². The molecule has 0 aliphatic heterocycles. The fraction of sp³-hybridized carbons (Fsp3) is 0.100. The topological polar surface area (TPSA) is 12.4 Å². The predicted octanol–water partition coefficient (Wildman–Crippen LogP) is 3.03. The summed E-state index contributed by atoms with van der Waals surface area (Å²) < 4.78 is 0. The monoisotopic (exact) mass is 179 g/mol. The van der Waals surface area contributed by atoms with E-state index in [0.29, 0.717) is 0 Å². The fourth-order valence-electron chi connectivity index (χ4n) is 0.979. The van der Waals surface area contributed by atoms with Gasteiger partial charge in [-0.05, 0) is 23.3 Å². The molecule has 0 saturated carbocycles. The Balaban J connectivity index is 3.19. The summed E-state index contributed by atoms with van der Waals surface area (Å²) in [6.45, 7) is 3.69. The van der Waals surface area contributed by atoms with Crippen LogP contribution in [-0.2, 0) is 0 Å². The Morgan fingerprint density at radius 3 is 2.75 bits per heavy atom. The van der Waals surface area contributed by atoms with Crippen LogP contribution in [0.2, 0.25) is 5.02 Å². The molecule has 0 heterocycles. The lowest BCUT2D eigenvalue weighted by Crippen LogP contribution is -1.85. The highest BCUT2D eigenvalue weighted by Crippen LogP contribution is 2.15. The summed E-state index contributed by atoms with van der Waals surface area (Å²) in [5, 5.41) is 0.721. The van der Waals surface area contributed by atoms with Crippen molar-refractivity contribution < 1.29 is 0 Å². The van der Waals surface area contributed by atoms with Gasteiger partial charge in [0.15, 0.2) is 0 Å². The van der Waals surface area contributed by atoms with Gasteiger partial charge in [0.25, 0.3) is 0 Å². The molecule has 1 aromatic rings. The second kappa shape index (κ2) is 4.07. The molecule has 0 radical (unpaired) electrons. The summed E-state index contributed by atoms with van der Waals surface area (Å²) in [5.74, 6) is 0. The molecule has 1 rings (SSSR count). The van der Waals surface area contributed by atoms with Gasteiger partial charge in [-0.1, -0.05) is 30.3 Å². The molecule has 2 heteroatoms. The van der Waals surface area contributed by atoms with Crippen molar-refractivity contribution in [3.05, 3.63) is 40.9 Å². The van der Waals surface area contributed by atoms with Crippen LogP contribution in [0, 0.1) is 0 Å². The van der Waals surface area contributed by atoms with Crippen LogP contribution in [0.3, 0.4) is 0 Å². The molecule has 0 aliphatic carbocycles. The normalized spacial score (nSPS) is 10.5. The minimum absolute atomic E-state index is 0.721. The SMILES string of the molecule is C=Cc1cc(Cl)ccc1/C=N\C. The maximum atomic E-state index is 5.80. The molecule has 0 aromatic heterocycles. The van der Waals surface area contributed by atoms with Gasteiger partial charge in [0.2, 0.25) is 0 Å². The van der Waals surface area contributed by atoms with Crippen molar-refractivity contribution in [1.29, 1.82) is 0 Å². The fourth-order valence-corrected chi connectivity index (χ4v) is 1.16. The number of halogens is 1. The third-order valence-electron chi connectivity index (χ3n) is 1.54. The molecular formula is C10H10ClN. The van der Waals surface area contributed by atoms with E-state index in [1.165, 1.54) is 0 Å². The van der Waals surface area contributed by atoms with E-state index in [1.807, 2.05) is 18.2 Å². The standard InChI is InChI=1S/C10H10ClN/c1-3-8-6-10(11)5-4-9(8)7-12-2/h3-7H,1H2,2H3/b12-7-. The first-order valence-electron chi connectivity index (χ1n) is 3.62. The lowest BCUT2D eigenvalue weighted by atomic mass is 10.1. The van der Waals surface area contributed by atoms with Crippen LogP contribution in [0.15, 0.2) is 29.8 Å². The van der Waals surface area contributed by atoms with Gasteiger partial charge in [-0.25, -0.2) is 0 Å². The Morgan fingerprint density at radius 2 is 2.17 bits per heavy atom. The Labute approximate surface area is 77.4 Å². The van der Waals surface area contributed by atoms with Gasteiger partial charge in [-0.3, -0.25) is 4.99 Å². The maximum absolute atomic E-state index is 5.80. The molecule has 0 aliphatic rings. The zero-order valence-corrected chi connectivity index (χ0v) is 7.67. The van der Waals surface area contributed by atoms with E-state index in [-0.39, 0.29) is 0 Å². The van der Waals surface area contributed by atoms with Gasteiger partial charge in [-0.2, -0.15) is 0 Å². The first-order valence-corrected chi connectivity index (χ1v) is 4.00. The summed E-state index contributed by atoms with van der Waals surface area (Å²) >= 11 is 5.80. The molecule has 0 atom stereocenters. The largest absolute Gasteiger partial charge is 0.296 e. The van der Waals surface area contributed by atoms with Crippen LogP contribution in [0.1, 0.15) is 11.1 Å². The number of hydrogen-bond donors (Lipinski definition) is 0. The van der Waals surface area contributed by atoms with Gasteiger partial charge in [0.05, 0.1) is 0 Å². The number of rotatable bonds is 2. The van der Waals surface area contributed by atoms with Crippen molar-refractivity contribution in [3.8, 4) is 0 Å². The van der Waals surface area contributed by atoms with Crippen molar-refractivity contribution in [2.75, 3.05) is 7.05 Å². The van der Waals surface area contributed by atoms with Crippen molar-refractivity contribution in [1.82, 2.24) is 0 Å². The van der Waals surface area contributed by atoms with Gasteiger partial charge in [0, 0.05) is 18.3 Å². The summed E-state index contributed by atoms with van der Waals surface area (Å²) in [5.41, 5.74) is 2.05. The van der Waals surface area contributed by atoms with Crippen LogP contribution in [0.25, 0.3) is 6.08 Å². The third kappa shape index (κ3) is 1.95. The lowest BCUT2D eigenvalue weighted by Gasteiger charge is -1.99. The molecule has 0 spiro atoms. The third-order valence-corrected chi connectivity index (χ3v) is 1.77. The van der Waals surface area contributed by atoms with E-state index in [9.17, 15) is 0 Å². The lowest BCUT2D eigenvalue weighted by molar-refractivity contribution is 1.46. The van der Waals surface area contributed by atoms with Gasteiger partial charge >= 0.3 is 0 Å². The maximum Gasteiger partial charge on any atom is 0.0412 e. The molecule has 0 amide bonds. The van der Waals surface area contributed by atoms with E-state index < -0.39 is 0 Å². The van der Waals surface area contributed by atoms with Crippen molar-refractivity contribution in [2.45, 2.75) is 0 Å². The van der Waals surface area contributed by atoms with Crippen molar-refractivity contribution in [3.63, 3.8) is 0 Å². The van der Waals surface area contributed by atoms with Crippen LogP contribution in [-0.4, -0.2) is 13.3 Å². The minimum Gasteiger partial charge on any atom is -0.296 e. The zero-order valence-electron chi connectivity index (χ0n) is 6.92. The van der Waals surface area contributed by atoms with E-state index >= 15 is 0 Å². The van der Waals surface area contributed by atoms with Crippen LogP contribution < -0.4 is 0 Å². The predicted molar refractivity (Wildman–Crippen MR) is 55.1 cm³/mol. The number of nitrogens with zero attached hydrogens (tertiary/aromatic N) is 1. The highest BCUT2D eigenvalue weighted by Gasteiger charge is 1.96. The summed E-state index contributed by atoms with van der Waals surface area (Å²) in [6, 6.07) is 5.63. The smallest absolute Gasteiger partial charge is 0.0412 e. The molecule has 0 fully saturated rings. The average molecular weight is 180 g/mol. The van der Waals surface area contributed by atoms with E-state index in [0.717, 1.165) is 16.1 Å². The Hall–Kier alpha value is -1.08. The molecule has 62 valence electrons. The molecular weight excluding hydrogens is 170 g/mol. The van der Waals surface area contributed by atoms with E-state index in [1.54, 1.807) is 19.3 Å². The van der Waals surface area contributed by atoms with Crippen LogP contribution in [0.4, 0.5) is 0 Å². The van der Waals surface area contributed by atoms with Crippen LogP contribution in [0.5, 0.6) is 0 Å². The zero-order chi connectivity index (χ0) is 8.97. The molecule has 1 aromatic carbocycles. The molecule has 0 bridgehead atoms.